The average Bonchev–Trinajstić information content (AvgIpc) is 2.90. The minimum Gasteiger partial charge on any atom is -0.342 e. The van der Waals surface area contributed by atoms with Crippen LogP contribution in [0.15, 0.2) is 18.5 Å². The van der Waals surface area contributed by atoms with Crippen LogP contribution in [0.3, 0.4) is 0 Å². The summed E-state index contributed by atoms with van der Waals surface area (Å²) in [6.07, 6.45) is 5.57. The molecule has 1 saturated heterocycles. The lowest BCUT2D eigenvalue weighted by Crippen LogP contribution is -2.44. The van der Waals surface area contributed by atoms with Gasteiger partial charge in [-0.3, -0.25) is 4.79 Å². The SMILES string of the molecule is CC(C)[C@H](Nc1ncccn1)C(=O)N1CCCC1. The van der Waals surface area contributed by atoms with E-state index in [0.717, 1.165) is 25.9 Å². The summed E-state index contributed by atoms with van der Waals surface area (Å²) in [7, 11) is 0. The zero-order chi connectivity index (χ0) is 13.0. The van der Waals surface area contributed by atoms with Gasteiger partial charge in [-0.15, -0.1) is 0 Å². The first-order valence-corrected chi connectivity index (χ1v) is 6.51. The molecule has 5 heteroatoms. The largest absolute Gasteiger partial charge is 0.342 e. The minimum atomic E-state index is -0.245. The van der Waals surface area contributed by atoms with Gasteiger partial charge in [-0.1, -0.05) is 13.8 Å². The van der Waals surface area contributed by atoms with Gasteiger partial charge in [-0.2, -0.15) is 0 Å². The Morgan fingerprint density at radius 2 is 1.89 bits per heavy atom. The lowest BCUT2D eigenvalue weighted by Gasteiger charge is -2.26. The second kappa shape index (κ2) is 5.80. The number of carbonyl (C=O) groups is 1. The molecule has 1 N–H and O–H groups in total. The van der Waals surface area contributed by atoms with Crippen molar-refractivity contribution >= 4 is 11.9 Å². The summed E-state index contributed by atoms with van der Waals surface area (Å²) < 4.78 is 0. The summed E-state index contributed by atoms with van der Waals surface area (Å²) in [5.74, 6) is 0.889. The van der Waals surface area contributed by atoms with E-state index >= 15 is 0 Å². The van der Waals surface area contributed by atoms with Crippen LogP contribution in [-0.4, -0.2) is 39.9 Å². The number of amides is 1. The van der Waals surface area contributed by atoms with Crippen LogP contribution < -0.4 is 5.32 Å². The zero-order valence-electron chi connectivity index (χ0n) is 11.0. The molecule has 1 aliphatic heterocycles. The number of hydrogen-bond acceptors (Lipinski definition) is 4. The van der Waals surface area contributed by atoms with Gasteiger partial charge in [0.2, 0.25) is 11.9 Å². The third-order valence-corrected chi connectivity index (χ3v) is 3.20. The summed E-state index contributed by atoms with van der Waals surface area (Å²) in [4.78, 5) is 22.6. The minimum absolute atomic E-state index is 0.162. The van der Waals surface area contributed by atoms with Gasteiger partial charge in [0.05, 0.1) is 0 Å². The molecule has 1 aliphatic rings. The molecule has 18 heavy (non-hydrogen) atoms. The molecule has 0 aromatic carbocycles. The van der Waals surface area contributed by atoms with E-state index in [4.69, 9.17) is 0 Å². The Hall–Kier alpha value is -1.65. The van der Waals surface area contributed by atoms with Crippen molar-refractivity contribution in [2.75, 3.05) is 18.4 Å². The second-order valence-electron chi connectivity index (χ2n) is 4.97. The summed E-state index contributed by atoms with van der Waals surface area (Å²) >= 11 is 0. The van der Waals surface area contributed by atoms with Gasteiger partial charge in [0.15, 0.2) is 0 Å². The van der Waals surface area contributed by atoms with Crippen LogP contribution >= 0.6 is 0 Å². The first-order valence-electron chi connectivity index (χ1n) is 6.51. The summed E-state index contributed by atoms with van der Waals surface area (Å²) in [6, 6.07) is 1.52. The van der Waals surface area contributed by atoms with Crippen molar-refractivity contribution in [3.63, 3.8) is 0 Å². The van der Waals surface area contributed by atoms with E-state index < -0.39 is 0 Å². The van der Waals surface area contributed by atoms with Gasteiger partial charge in [0.25, 0.3) is 0 Å². The molecular formula is C13H20N4O. The van der Waals surface area contributed by atoms with Crippen molar-refractivity contribution in [1.82, 2.24) is 14.9 Å². The Labute approximate surface area is 108 Å². The molecule has 0 radical (unpaired) electrons. The predicted octanol–water partition coefficient (Wildman–Crippen LogP) is 1.54. The summed E-state index contributed by atoms with van der Waals surface area (Å²) in [6.45, 7) is 5.82. The summed E-state index contributed by atoms with van der Waals surface area (Å²) in [5.41, 5.74) is 0. The standard InChI is InChI=1S/C13H20N4O/c1-10(2)11(12(18)17-8-3-4-9-17)16-13-14-6-5-7-15-13/h5-7,10-11H,3-4,8-9H2,1-2H3,(H,14,15,16)/t11-/m0/s1. The van der Waals surface area contributed by atoms with Gasteiger partial charge in [-0.05, 0) is 24.8 Å². The fraction of sp³-hybridized carbons (Fsp3) is 0.615. The van der Waals surface area contributed by atoms with Gasteiger partial charge in [0, 0.05) is 25.5 Å². The smallest absolute Gasteiger partial charge is 0.245 e. The van der Waals surface area contributed by atoms with E-state index in [9.17, 15) is 4.79 Å². The van der Waals surface area contributed by atoms with Crippen LogP contribution in [0.1, 0.15) is 26.7 Å². The highest BCUT2D eigenvalue weighted by molar-refractivity contribution is 5.84. The fourth-order valence-electron chi connectivity index (χ4n) is 2.16. The topological polar surface area (TPSA) is 58.1 Å². The van der Waals surface area contributed by atoms with E-state index in [1.165, 1.54) is 0 Å². The number of nitrogens with zero attached hydrogens (tertiary/aromatic N) is 3. The molecule has 1 aromatic rings. The van der Waals surface area contributed by atoms with Crippen LogP contribution in [-0.2, 0) is 4.79 Å². The maximum absolute atomic E-state index is 12.4. The molecule has 1 atom stereocenters. The molecule has 0 aliphatic carbocycles. The van der Waals surface area contributed by atoms with Crippen molar-refractivity contribution in [3.8, 4) is 0 Å². The fourth-order valence-corrected chi connectivity index (χ4v) is 2.16. The van der Waals surface area contributed by atoms with Crippen molar-refractivity contribution in [3.05, 3.63) is 18.5 Å². The number of likely N-dealkylation sites (tertiary alicyclic amines) is 1. The third kappa shape index (κ3) is 2.97. The highest BCUT2D eigenvalue weighted by atomic mass is 16.2. The van der Waals surface area contributed by atoms with Crippen molar-refractivity contribution < 1.29 is 4.79 Å². The van der Waals surface area contributed by atoms with E-state index in [2.05, 4.69) is 15.3 Å². The van der Waals surface area contributed by atoms with Gasteiger partial charge >= 0.3 is 0 Å². The molecule has 98 valence electrons. The van der Waals surface area contributed by atoms with Crippen LogP contribution in [0.4, 0.5) is 5.95 Å². The predicted molar refractivity (Wildman–Crippen MR) is 70.1 cm³/mol. The van der Waals surface area contributed by atoms with Crippen LogP contribution in [0.25, 0.3) is 0 Å². The molecule has 0 spiro atoms. The van der Waals surface area contributed by atoms with E-state index in [-0.39, 0.29) is 17.9 Å². The van der Waals surface area contributed by atoms with Gasteiger partial charge in [0.1, 0.15) is 6.04 Å². The Balaban J connectivity index is 2.06. The Bertz CT molecular complexity index is 387. The van der Waals surface area contributed by atoms with Crippen molar-refractivity contribution in [1.29, 1.82) is 0 Å². The first-order chi connectivity index (χ1) is 8.68. The normalized spacial score (nSPS) is 16.9. The zero-order valence-corrected chi connectivity index (χ0v) is 11.0. The maximum Gasteiger partial charge on any atom is 0.245 e. The first kappa shape index (κ1) is 12.8. The second-order valence-corrected chi connectivity index (χ2v) is 4.97. The van der Waals surface area contributed by atoms with Crippen LogP contribution in [0, 0.1) is 5.92 Å². The third-order valence-electron chi connectivity index (χ3n) is 3.20. The quantitative estimate of drug-likeness (QED) is 0.878. The molecule has 1 amide bonds. The highest BCUT2D eigenvalue weighted by Crippen LogP contribution is 2.15. The number of carbonyl (C=O) groups excluding carboxylic acids is 1. The van der Waals surface area contributed by atoms with Crippen molar-refractivity contribution in [2.24, 2.45) is 5.92 Å². The molecule has 2 rings (SSSR count). The molecule has 1 fully saturated rings. The molecule has 5 nitrogen and oxygen atoms in total. The van der Waals surface area contributed by atoms with E-state index in [1.54, 1.807) is 18.5 Å². The molecule has 0 saturated carbocycles. The van der Waals surface area contributed by atoms with Crippen LogP contribution in [0.5, 0.6) is 0 Å². The number of aromatic nitrogens is 2. The summed E-state index contributed by atoms with van der Waals surface area (Å²) in [5, 5.41) is 3.14. The molecule has 0 unspecified atom stereocenters. The maximum atomic E-state index is 12.4. The Morgan fingerprint density at radius 3 is 2.44 bits per heavy atom. The average molecular weight is 248 g/mol. The van der Waals surface area contributed by atoms with E-state index in [1.807, 2.05) is 18.7 Å². The lowest BCUT2D eigenvalue weighted by atomic mass is 10.0. The number of anilines is 1. The monoisotopic (exact) mass is 248 g/mol. The molecule has 1 aromatic heterocycles. The Morgan fingerprint density at radius 1 is 1.28 bits per heavy atom. The van der Waals surface area contributed by atoms with E-state index in [0.29, 0.717) is 5.95 Å². The Kier molecular flexibility index (Phi) is 4.12. The number of rotatable bonds is 4. The van der Waals surface area contributed by atoms with Crippen molar-refractivity contribution in [2.45, 2.75) is 32.7 Å². The van der Waals surface area contributed by atoms with Gasteiger partial charge in [-0.25, -0.2) is 9.97 Å². The molecule has 2 heterocycles. The molecule has 0 bridgehead atoms. The lowest BCUT2D eigenvalue weighted by molar-refractivity contribution is -0.131. The number of nitrogens with one attached hydrogen (secondary N) is 1. The van der Waals surface area contributed by atoms with Crippen LogP contribution in [0.2, 0.25) is 0 Å². The highest BCUT2D eigenvalue weighted by Gasteiger charge is 2.29. The molecular weight excluding hydrogens is 228 g/mol. The number of hydrogen-bond donors (Lipinski definition) is 1. The van der Waals surface area contributed by atoms with Gasteiger partial charge < -0.3 is 10.2 Å².